The molecule has 0 aliphatic carbocycles. The molecule has 0 bridgehead atoms. The van der Waals surface area contributed by atoms with E-state index in [1.54, 1.807) is 0 Å². The normalized spacial score (nSPS) is 16.8. The van der Waals surface area contributed by atoms with Crippen molar-refractivity contribution in [3.63, 3.8) is 0 Å². The molecule has 0 saturated carbocycles. The minimum atomic E-state index is -4.05. The number of carbonyl (C=O) groups excluding carboxylic acids is 1. The van der Waals surface area contributed by atoms with Gasteiger partial charge in [-0.1, -0.05) is 30.3 Å². The Balaban J connectivity index is 1.71. The Morgan fingerprint density at radius 2 is 2.00 bits per heavy atom. The first-order valence-electron chi connectivity index (χ1n) is 10.4. The lowest BCUT2D eigenvalue weighted by Gasteiger charge is -2.20. The van der Waals surface area contributed by atoms with Gasteiger partial charge in [0.15, 0.2) is 5.82 Å². The van der Waals surface area contributed by atoms with Crippen molar-refractivity contribution in [3.05, 3.63) is 71.6 Å². The summed E-state index contributed by atoms with van der Waals surface area (Å²) in [5, 5.41) is 9.62. The third kappa shape index (κ3) is 5.10. The van der Waals surface area contributed by atoms with E-state index in [0.717, 1.165) is 18.1 Å². The molecule has 3 aromatic rings. The smallest absolute Gasteiger partial charge is 0.323 e. The van der Waals surface area contributed by atoms with Crippen molar-refractivity contribution in [2.45, 2.75) is 36.7 Å². The number of aromatic nitrogens is 3. The van der Waals surface area contributed by atoms with Gasteiger partial charge in [0.2, 0.25) is 10.0 Å². The number of halogens is 1. The summed E-state index contributed by atoms with van der Waals surface area (Å²) >= 11 is 0. The van der Waals surface area contributed by atoms with Crippen LogP contribution in [0.2, 0.25) is 0 Å². The van der Waals surface area contributed by atoms with Gasteiger partial charge in [-0.25, -0.2) is 27.6 Å². The highest BCUT2D eigenvalue weighted by Crippen LogP contribution is 2.23. The summed E-state index contributed by atoms with van der Waals surface area (Å²) in [6.07, 6.45) is 1.92. The SMILES string of the molecule is COC(=O)[C@H]1CCCN1Cc1nc(Cc2ccccc2)n(-c2ccc(S(N)(=O)=O)cc2F)n1. The van der Waals surface area contributed by atoms with Crippen molar-refractivity contribution >= 4 is 16.0 Å². The van der Waals surface area contributed by atoms with Gasteiger partial charge in [-0.05, 0) is 43.1 Å². The van der Waals surface area contributed by atoms with Crippen LogP contribution in [-0.2, 0) is 32.5 Å². The van der Waals surface area contributed by atoms with E-state index in [1.807, 2.05) is 35.2 Å². The maximum Gasteiger partial charge on any atom is 0.323 e. The zero-order chi connectivity index (χ0) is 23.6. The number of carbonyl (C=O) groups is 1. The number of hydrogen-bond donors (Lipinski definition) is 1. The van der Waals surface area contributed by atoms with Crippen molar-refractivity contribution in [2.75, 3.05) is 13.7 Å². The summed E-state index contributed by atoms with van der Waals surface area (Å²) in [6.45, 7) is 0.991. The second-order valence-corrected chi connectivity index (χ2v) is 9.39. The standard InChI is InChI=1S/C22H24FN5O4S/c1-32-22(29)19-8-5-11-27(19)14-20-25-21(12-15-6-3-2-4-7-15)28(26-20)18-10-9-16(13-17(18)23)33(24,30)31/h2-4,6-7,9-10,13,19H,5,8,11-12,14H2,1H3,(H2,24,30,31)/t19-/m1/s1. The first kappa shape index (κ1) is 23.0. The van der Waals surface area contributed by atoms with Crippen molar-refractivity contribution in [3.8, 4) is 5.69 Å². The highest BCUT2D eigenvalue weighted by atomic mass is 32.2. The molecule has 4 rings (SSSR count). The number of rotatable bonds is 7. The Kier molecular flexibility index (Phi) is 6.54. The number of nitrogens with zero attached hydrogens (tertiary/aromatic N) is 4. The zero-order valence-corrected chi connectivity index (χ0v) is 18.8. The van der Waals surface area contributed by atoms with Crippen LogP contribution in [0.15, 0.2) is 53.4 Å². The van der Waals surface area contributed by atoms with Gasteiger partial charge in [-0.15, -0.1) is 5.10 Å². The fraction of sp³-hybridized carbons (Fsp3) is 0.318. The number of benzene rings is 2. The molecule has 33 heavy (non-hydrogen) atoms. The van der Waals surface area contributed by atoms with Gasteiger partial charge in [0.1, 0.15) is 23.4 Å². The van der Waals surface area contributed by atoms with Gasteiger partial charge in [-0.2, -0.15) is 0 Å². The molecule has 1 aliphatic rings. The van der Waals surface area contributed by atoms with Gasteiger partial charge in [0.25, 0.3) is 0 Å². The Bertz CT molecular complexity index is 1260. The molecule has 2 N–H and O–H groups in total. The maximum atomic E-state index is 14.9. The van der Waals surface area contributed by atoms with Crippen LogP contribution in [0.3, 0.4) is 0 Å². The molecular formula is C22H24FN5O4S. The van der Waals surface area contributed by atoms with E-state index in [2.05, 4.69) is 10.1 Å². The molecule has 1 aliphatic heterocycles. The Labute approximate surface area is 191 Å². The summed E-state index contributed by atoms with van der Waals surface area (Å²) in [5.74, 6) is -0.194. The first-order valence-corrected chi connectivity index (χ1v) is 11.9. The molecule has 1 fully saturated rings. The molecule has 2 heterocycles. The molecule has 174 valence electrons. The van der Waals surface area contributed by atoms with Crippen LogP contribution in [0.25, 0.3) is 5.69 Å². The molecule has 0 unspecified atom stereocenters. The van der Waals surface area contributed by atoms with Crippen LogP contribution < -0.4 is 5.14 Å². The molecule has 0 radical (unpaired) electrons. The molecule has 9 nitrogen and oxygen atoms in total. The fourth-order valence-corrected chi connectivity index (χ4v) is 4.51. The van der Waals surface area contributed by atoms with Crippen LogP contribution in [-0.4, -0.2) is 53.7 Å². The van der Waals surface area contributed by atoms with Crippen molar-refractivity contribution < 1.29 is 22.3 Å². The van der Waals surface area contributed by atoms with Crippen LogP contribution >= 0.6 is 0 Å². The molecule has 0 spiro atoms. The first-order chi connectivity index (χ1) is 15.8. The number of methoxy groups -OCH3 is 1. The lowest BCUT2D eigenvalue weighted by atomic mass is 10.1. The van der Waals surface area contributed by atoms with Crippen molar-refractivity contribution in [2.24, 2.45) is 5.14 Å². The van der Waals surface area contributed by atoms with Gasteiger partial charge >= 0.3 is 5.97 Å². The Hall–Kier alpha value is -3.15. The number of esters is 1. The lowest BCUT2D eigenvalue weighted by Crippen LogP contribution is -2.36. The number of ether oxygens (including phenoxy) is 1. The predicted molar refractivity (Wildman–Crippen MR) is 117 cm³/mol. The van der Waals surface area contributed by atoms with E-state index in [0.29, 0.717) is 37.6 Å². The highest BCUT2D eigenvalue weighted by Gasteiger charge is 2.32. The molecule has 1 saturated heterocycles. The van der Waals surface area contributed by atoms with Crippen LogP contribution in [0.5, 0.6) is 0 Å². The third-order valence-electron chi connectivity index (χ3n) is 5.58. The lowest BCUT2D eigenvalue weighted by molar-refractivity contribution is -0.146. The molecule has 1 atom stereocenters. The summed E-state index contributed by atoms with van der Waals surface area (Å²) in [4.78, 5) is 18.3. The van der Waals surface area contributed by atoms with Crippen LogP contribution in [0, 0.1) is 5.82 Å². The largest absolute Gasteiger partial charge is 0.468 e. The molecule has 2 aromatic carbocycles. The second kappa shape index (κ2) is 9.38. The highest BCUT2D eigenvalue weighted by molar-refractivity contribution is 7.89. The average molecular weight is 474 g/mol. The third-order valence-corrected chi connectivity index (χ3v) is 6.49. The van der Waals surface area contributed by atoms with Gasteiger partial charge in [-0.3, -0.25) is 9.69 Å². The van der Waals surface area contributed by atoms with Crippen molar-refractivity contribution in [1.29, 1.82) is 0 Å². The molecule has 11 heteroatoms. The van der Waals surface area contributed by atoms with Gasteiger partial charge < -0.3 is 4.74 Å². The molecule has 0 amide bonds. The Morgan fingerprint density at radius 1 is 1.24 bits per heavy atom. The topological polar surface area (TPSA) is 120 Å². The van der Waals surface area contributed by atoms with E-state index in [1.165, 1.54) is 23.9 Å². The quantitative estimate of drug-likeness (QED) is 0.519. The minimum Gasteiger partial charge on any atom is -0.468 e. The van der Waals surface area contributed by atoms with E-state index in [-0.39, 0.29) is 22.6 Å². The number of sulfonamides is 1. The summed E-state index contributed by atoms with van der Waals surface area (Å²) in [7, 11) is -2.69. The van der Waals surface area contributed by atoms with E-state index < -0.39 is 15.8 Å². The second-order valence-electron chi connectivity index (χ2n) is 7.83. The summed E-state index contributed by atoms with van der Waals surface area (Å²) in [5.41, 5.74) is 1.01. The minimum absolute atomic E-state index is 0.0537. The van der Waals surface area contributed by atoms with E-state index in [9.17, 15) is 17.6 Å². The van der Waals surface area contributed by atoms with E-state index >= 15 is 0 Å². The fourth-order valence-electron chi connectivity index (χ4n) is 3.98. The number of nitrogens with two attached hydrogens (primary N) is 1. The maximum absolute atomic E-state index is 14.9. The summed E-state index contributed by atoms with van der Waals surface area (Å²) in [6, 6.07) is 12.6. The Morgan fingerprint density at radius 3 is 2.67 bits per heavy atom. The molecule has 1 aromatic heterocycles. The van der Waals surface area contributed by atoms with E-state index in [4.69, 9.17) is 9.88 Å². The van der Waals surface area contributed by atoms with Gasteiger partial charge in [0.05, 0.1) is 18.6 Å². The number of primary sulfonamides is 1. The zero-order valence-electron chi connectivity index (χ0n) is 18.0. The average Bonchev–Trinajstić information content (AvgIpc) is 3.40. The molecular weight excluding hydrogens is 449 g/mol. The van der Waals surface area contributed by atoms with Crippen LogP contribution in [0.1, 0.15) is 30.1 Å². The van der Waals surface area contributed by atoms with Crippen molar-refractivity contribution in [1.82, 2.24) is 19.7 Å². The monoisotopic (exact) mass is 473 g/mol. The summed E-state index contributed by atoms with van der Waals surface area (Å²) < 4.78 is 44.4. The predicted octanol–water partition coefficient (Wildman–Crippen LogP) is 1.78. The number of hydrogen-bond acceptors (Lipinski definition) is 7. The van der Waals surface area contributed by atoms with Crippen LogP contribution in [0.4, 0.5) is 4.39 Å². The van der Waals surface area contributed by atoms with Gasteiger partial charge in [0, 0.05) is 6.42 Å². The number of likely N-dealkylation sites (tertiary alicyclic amines) is 1.